The monoisotopic (exact) mass is 356 g/mol. The second-order valence-corrected chi connectivity index (χ2v) is 5.75. The first-order valence-electron chi connectivity index (χ1n) is 8.50. The minimum Gasteiger partial charge on any atom is -0.481 e. The van der Waals surface area contributed by atoms with Gasteiger partial charge in [-0.05, 0) is 43.7 Å². The predicted octanol–water partition coefficient (Wildman–Crippen LogP) is 2.86. The van der Waals surface area contributed by atoms with Gasteiger partial charge in [-0.25, -0.2) is 0 Å². The number of hydrogen-bond donors (Lipinski definition) is 2. The largest absolute Gasteiger partial charge is 0.481 e. The first-order chi connectivity index (χ1) is 12.6. The number of hydrogen-bond acceptors (Lipinski definition) is 4. The molecule has 0 aliphatic heterocycles. The lowest BCUT2D eigenvalue weighted by molar-refractivity contribution is -0.122. The van der Waals surface area contributed by atoms with E-state index in [2.05, 4.69) is 10.6 Å². The maximum absolute atomic E-state index is 12.3. The van der Waals surface area contributed by atoms with E-state index in [0.29, 0.717) is 30.2 Å². The van der Waals surface area contributed by atoms with E-state index in [1.807, 2.05) is 18.2 Å². The van der Waals surface area contributed by atoms with Crippen molar-refractivity contribution in [2.75, 3.05) is 25.6 Å². The summed E-state index contributed by atoms with van der Waals surface area (Å²) in [5, 5.41) is 5.58. The van der Waals surface area contributed by atoms with E-state index in [1.165, 1.54) is 0 Å². The van der Waals surface area contributed by atoms with E-state index in [1.54, 1.807) is 50.4 Å². The van der Waals surface area contributed by atoms with E-state index in [9.17, 15) is 9.59 Å². The van der Waals surface area contributed by atoms with Crippen molar-refractivity contribution in [3.8, 4) is 5.75 Å². The van der Waals surface area contributed by atoms with Crippen LogP contribution in [0.5, 0.6) is 5.75 Å². The van der Waals surface area contributed by atoms with Gasteiger partial charge in [-0.15, -0.1) is 0 Å². The Hall–Kier alpha value is -2.86. The molecular weight excluding hydrogens is 332 g/mol. The van der Waals surface area contributed by atoms with Crippen molar-refractivity contribution in [3.05, 3.63) is 60.2 Å². The molecule has 1 unspecified atom stereocenters. The number of rotatable bonds is 9. The van der Waals surface area contributed by atoms with Crippen LogP contribution < -0.4 is 15.4 Å². The van der Waals surface area contributed by atoms with Gasteiger partial charge < -0.3 is 20.1 Å². The number of para-hydroxylation sites is 1. The Labute approximate surface area is 153 Å². The average molecular weight is 356 g/mol. The molecule has 0 radical (unpaired) electrons. The van der Waals surface area contributed by atoms with Crippen molar-refractivity contribution in [1.82, 2.24) is 5.32 Å². The molecule has 2 aromatic rings. The minimum atomic E-state index is -0.663. The molecule has 0 aliphatic carbocycles. The maximum atomic E-state index is 12.3. The summed E-state index contributed by atoms with van der Waals surface area (Å²) >= 11 is 0. The van der Waals surface area contributed by atoms with Gasteiger partial charge in [0.05, 0.1) is 0 Å². The van der Waals surface area contributed by atoms with Crippen LogP contribution in [0.25, 0.3) is 0 Å². The normalized spacial score (nSPS) is 11.5. The van der Waals surface area contributed by atoms with E-state index in [4.69, 9.17) is 9.47 Å². The maximum Gasteiger partial charge on any atom is 0.265 e. The third-order valence-corrected chi connectivity index (χ3v) is 3.63. The van der Waals surface area contributed by atoms with Crippen LogP contribution in [-0.2, 0) is 9.53 Å². The molecule has 2 N–H and O–H groups in total. The van der Waals surface area contributed by atoms with Gasteiger partial charge in [-0.2, -0.15) is 0 Å². The van der Waals surface area contributed by atoms with Crippen molar-refractivity contribution in [1.29, 1.82) is 0 Å². The first kappa shape index (κ1) is 19.5. The van der Waals surface area contributed by atoms with E-state index in [-0.39, 0.29) is 11.8 Å². The lowest BCUT2D eigenvalue weighted by Crippen LogP contribution is -2.30. The van der Waals surface area contributed by atoms with Gasteiger partial charge in [0.1, 0.15) is 5.75 Å². The van der Waals surface area contributed by atoms with Crippen molar-refractivity contribution >= 4 is 17.5 Å². The number of carbonyl (C=O) groups excluding carboxylic acids is 2. The number of ether oxygens (including phenoxy) is 2. The van der Waals surface area contributed by atoms with E-state index in [0.717, 1.165) is 6.42 Å². The fourth-order valence-corrected chi connectivity index (χ4v) is 2.26. The molecule has 0 heterocycles. The van der Waals surface area contributed by atoms with Crippen molar-refractivity contribution in [2.45, 2.75) is 19.4 Å². The summed E-state index contributed by atoms with van der Waals surface area (Å²) in [6.07, 6.45) is 0.0800. The van der Waals surface area contributed by atoms with Crippen molar-refractivity contribution in [2.24, 2.45) is 0 Å². The van der Waals surface area contributed by atoms with Crippen LogP contribution in [0.3, 0.4) is 0 Å². The Bertz CT molecular complexity index is 719. The highest BCUT2D eigenvalue weighted by molar-refractivity contribution is 5.98. The quantitative estimate of drug-likeness (QED) is 0.678. The van der Waals surface area contributed by atoms with Gasteiger partial charge in [-0.1, -0.05) is 24.3 Å². The molecule has 138 valence electrons. The van der Waals surface area contributed by atoms with Gasteiger partial charge in [0.15, 0.2) is 6.10 Å². The van der Waals surface area contributed by atoms with Gasteiger partial charge >= 0.3 is 0 Å². The second-order valence-electron chi connectivity index (χ2n) is 5.75. The van der Waals surface area contributed by atoms with Crippen molar-refractivity contribution < 1.29 is 19.1 Å². The Morgan fingerprint density at radius 3 is 2.58 bits per heavy atom. The molecule has 1 atom stereocenters. The van der Waals surface area contributed by atoms with E-state index < -0.39 is 6.10 Å². The molecule has 0 fully saturated rings. The van der Waals surface area contributed by atoms with E-state index >= 15 is 0 Å². The van der Waals surface area contributed by atoms with Crippen LogP contribution in [0.2, 0.25) is 0 Å². The standard InChI is InChI=1S/C20H24N2O4/c1-15(26-18-10-4-3-5-11-18)19(23)22-17-9-6-8-16(14-17)20(24)21-12-7-13-25-2/h3-6,8-11,14-15H,7,12-13H2,1-2H3,(H,21,24)(H,22,23). The first-order valence-corrected chi connectivity index (χ1v) is 8.50. The Morgan fingerprint density at radius 2 is 1.85 bits per heavy atom. The predicted molar refractivity (Wildman–Crippen MR) is 100 cm³/mol. The van der Waals surface area contributed by atoms with Crippen LogP contribution in [0.4, 0.5) is 5.69 Å². The summed E-state index contributed by atoms with van der Waals surface area (Å²) in [7, 11) is 1.62. The summed E-state index contributed by atoms with van der Waals surface area (Å²) < 4.78 is 10.5. The molecule has 26 heavy (non-hydrogen) atoms. The molecule has 0 bridgehead atoms. The number of methoxy groups -OCH3 is 1. The number of benzene rings is 2. The third-order valence-electron chi connectivity index (χ3n) is 3.63. The highest BCUT2D eigenvalue weighted by Crippen LogP contribution is 2.14. The summed E-state index contributed by atoms with van der Waals surface area (Å²) in [5.74, 6) is 0.150. The zero-order chi connectivity index (χ0) is 18.8. The molecule has 0 aromatic heterocycles. The molecular formula is C20H24N2O4. The number of carbonyl (C=O) groups is 2. The van der Waals surface area contributed by atoms with Gasteiger partial charge in [0.2, 0.25) is 0 Å². The average Bonchev–Trinajstić information content (AvgIpc) is 2.66. The zero-order valence-corrected chi connectivity index (χ0v) is 15.0. The summed E-state index contributed by atoms with van der Waals surface area (Å²) in [5.41, 5.74) is 1.03. The fourth-order valence-electron chi connectivity index (χ4n) is 2.26. The van der Waals surface area contributed by atoms with Gasteiger partial charge in [0.25, 0.3) is 11.8 Å². The minimum absolute atomic E-state index is 0.189. The lowest BCUT2D eigenvalue weighted by Gasteiger charge is -2.15. The molecule has 6 nitrogen and oxygen atoms in total. The number of nitrogens with one attached hydrogen (secondary N) is 2. The van der Waals surface area contributed by atoms with Crippen LogP contribution in [-0.4, -0.2) is 38.2 Å². The van der Waals surface area contributed by atoms with Crippen molar-refractivity contribution in [3.63, 3.8) is 0 Å². The number of amides is 2. The smallest absolute Gasteiger partial charge is 0.265 e. The lowest BCUT2D eigenvalue weighted by atomic mass is 10.2. The SMILES string of the molecule is COCCCNC(=O)c1cccc(NC(=O)C(C)Oc2ccccc2)c1. The molecule has 2 aromatic carbocycles. The summed E-state index contributed by atoms with van der Waals surface area (Å²) in [4.78, 5) is 24.4. The fraction of sp³-hybridized carbons (Fsp3) is 0.300. The molecule has 2 amide bonds. The van der Waals surface area contributed by atoms with Gasteiger partial charge in [0, 0.05) is 31.5 Å². The highest BCUT2D eigenvalue weighted by atomic mass is 16.5. The highest BCUT2D eigenvalue weighted by Gasteiger charge is 2.15. The Balaban J connectivity index is 1.90. The molecule has 0 saturated heterocycles. The third kappa shape index (κ3) is 6.22. The molecule has 0 saturated carbocycles. The van der Waals surface area contributed by atoms with Crippen LogP contribution >= 0.6 is 0 Å². The molecule has 0 aliphatic rings. The second kappa shape index (κ2) is 10.2. The topological polar surface area (TPSA) is 76.7 Å². The van der Waals surface area contributed by atoms with Crippen LogP contribution in [0, 0.1) is 0 Å². The summed E-state index contributed by atoms with van der Waals surface area (Å²) in [6.45, 7) is 2.80. The molecule has 0 spiro atoms. The molecule has 2 rings (SSSR count). The van der Waals surface area contributed by atoms with Crippen LogP contribution in [0.15, 0.2) is 54.6 Å². The Kier molecular flexibility index (Phi) is 7.64. The summed E-state index contributed by atoms with van der Waals surface area (Å²) in [6, 6.07) is 15.9. The van der Waals surface area contributed by atoms with Gasteiger partial charge in [-0.3, -0.25) is 9.59 Å². The number of anilines is 1. The zero-order valence-electron chi connectivity index (χ0n) is 15.0. The van der Waals surface area contributed by atoms with Crippen LogP contribution in [0.1, 0.15) is 23.7 Å². The Morgan fingerprint density at radius 1 is 1.08 bits per heavy atom. The molecule has 6 heteroatoms.